The monoisotopic (exact) mass is 437 g/mol. The molecule has 0 saturated carbocycles. The molecule has 1 N–H and O–H groups in total. The highest BCUT2D eigenvalue weighted by Gasteiger charge is 2.13. The van der Waals surface area contributed by atoms with Crippen molar-refractivity contribution in [3.05, 3.63) is 75.2 Å². The Bertz CT molecular complexity index is 879. The lowest BCUT2D eigenvalue weighted by atomic mass is 10.3. The zero-order chi connectivity index (χ0) is 16.4. The van der Waals surface area contributed by atoms with Crippen molar-refractivity contribution < 1.29 is 9.18 Å². The van der Waals surface area contributed by atoms with Gasteiger partial charge in [0, 0.05) is 15.1 Å². The van der Waals surface area contributed by atoms with Crippen LogP contribution in [-0.2, 0) is 0 Å². The molecule has 0 radical (unpaired) electrons. The Kier molecular flexibility index (Phi) is 4.58. The fraction of sp³-hybridized carbons (Fsp3) is 0. The molecule has 116 valence electrons. The zero-order valence-corrected chi connectivity index (χ0v) is 14.8. The fourth-order valence-corrected chi connectivity index (χ4v) is 3.14. The molecule has 0 aliphatic heterocycles. The van der Waals surface area contributed by atoms with Gasteiger partial charge in [-0.1, -0.05) is 28.1 Å². The molecule has 0 spiro atoms. The van der Waals surface area contributed by atoms with Gasteiger partial charge in [-0.05, 0) is 52.3 Å². The highest BCUT2D eigenvalue weighted by Crippen LogP contribution is 2.26. The number of carbonyl (C=O) groups excluding carboxylic acids is 1. The van der Waals surface area contributed by atoms with Gasteiger partial charge in [0.05, 0.1) is 5.69 Å². The van der Waals surface area contributed by atoms with Crippen LogP contribution in [0.1, 0.15) is 10.5 Å². The molecule has 4 nitrogen and oxygen atoms in total. The van der Waals surface area contributed by atoms with Crippen LogP contribution in [0.15, 0.2) is 63.7 Å². The Balaban J connectivity index is 1.83. The van der Waals surface area contributed by atoms with Gasteiger partial charge in [-0.15, -0.1) is 0 Å². The van der Waals surface area contributed by atoms with Crippen LogP contribution in [0.2, 0.25) is 0 Å². The average molecular weight is 439 g/mol. The minimum Gasteiger partial charge on any atom is -0.320 e. The van der Waals surface area contributed by atoms with E-state index in [4.69, 9.17) is 0 Å². The van der Waals surface area contributed by atoms with E-state index in [0.29, 0.717) is 5.69 Å². The second-order valence-corrected chi connectivity index (χ2v) is 6.45. The SMILES string of the molecule is O=C(Nc1ccc(Br)cc1Br)c1ccn(-c2ccccc2F)n1. The predicted molar refractivity (Wildman–Crippen MR) is 93.3 cm³/mol. The van der Waals surface area contributed by atoms with Crippen molar-refractivity contribution in [2.45, 2.75) is 0 Å². The number of nitrogens with one attached hydrogen (secondary N) is 1. The Morgan fingerprint density at radius 1 is 1.13 bits per heavy atom. The van der Waals surface area contributed by atoms with E-state index in [0.717, 1.165) is 8.95 Å². The van der Waals surface area contributed by atoms with E-state index in [-0.39, 0.29) is 17.3 Å². The first kappa shape index (κ1) is 15.9. The fourth-order valence-electron chi connectivity index (χ4n) is 1.99. The Hall–Kier alpha value is -1.99. The van der Waals surface area contributed by atoms with Crippen LogP contribution >= 0.6 is 31.9 Å². The molecular formula is C16H10Br2FN3O. The second-order valence-electron chi connectivity index (χ2n) is 4.68. The first-order chi connectivity index (χ1) is 11.0. The lowest BCUT2D eigenvalue weighted by Crippen LogP contribution is -2.13. The molecule has 2 aromatic carbocycles. The summed E-state index contributed by atoms with van der Waals surface area (Å²) in [6.07, 6.45) is 1.55. The number of benzene rings is 2. The van der Waals surface area contributed by atoms with Crippen molar-refractivity contribution >= 4 is 43.5 Å². The van der Waals surface area contributed by atoms with Crippen LogP contribution in [0.3, 0.4) is 0 Å². The predicted octanol–water partition coefficient (Wildman–Crippen LogP) is 4.79. The van der Waals surface area contributed by atoms with Gasteiger partial charge < -0.3 is 5.32 Å². The van der Waals surface area contributed by atoms with Gasteiger partial charge in [0.15, 0.2) is 5.69 Å². The second kappa shape index (κ2) is 6.64. The van der Waals surface area contributed by atoms with Crippen molar-refractivity contribution in [2.24, 2.45) is 0 Å². The first-order valence-corrected chi connectivity index (χ1v) is 8.20. The van der Waals surface area contributed by atoms with Crippen LogP contribution in [-0.4, -0.2) is 15.7 Å². The van der Waals surface area contributed by atoms with E-state index in [1.807, 2.05) is 12.1 Å². The van der Waals surface area contributed by atoms with E-state index in [2.05, 4.69) is 42.3 Å². The van der Waals surface area contributed by atoms with Crippen molar-refractivity contribution in [1.29, 1.82) is 0 Å². The minimum absolute atomic E-state index is 0.197. The van der Waals surface area contributed by atoms with Gasteiger partial charge in [-0.25, -0.2) is 9.07 Å². The number of halogens is 3. The minimum atomic E-state index is -0.404. The zero-order valence-electron chi connectivity index (χ0n) is 11.6. The van der Waals surface area contributed by atoms with Crippen LogP contribution in [0.5, 0.6) is 0 Å². The maximum Gasteiger partial charge on any atom is 0.276 e. The molecule has 0 aliphatic carbocycles. The molecule has 0 saturated heterocycles. The smallest absolute Gasteiger partial charge is 0.276 e. The van der Waals surface area contributed by atoms with Crippen molar-refractivity contribution in [3.63, 3.8) is 0 Å². The number of para-hydroxylation sites is 1. The van der Waals surface area contributed by atoms with Crippen LogP contribution in [0.4, 0.5) is 10.1 Å². The van der Waals surface area contributed by atoms with Gasteiger partial charge >= 0.3 is 0 Å². The molecule has 0 aliphatic rings. The maximum absolute atomic E-state index is 13.8. The lowest BCUT2D eigenvalue weighted by Gasteiger charge is -2.06. The number of aromatic nitrogens is 2. The maximum atomic E-state index is 13.8. The van der Waals surface area contributed by atoms with E-state index >= 15 is 0 Å². The van der Waals surface area contributed by atoms with Crippen LogP contribution in [0, 0.1) is 5.82 Å². The quantitative estimate of drug-likeness (QED) is 0.639. The third-order valence-corrected chi connectivity index (χ3v) is 4.25. The molecule has 1 aromatic heterocycles. The molecule has 7 heteroatoms. The molecule has 3 aromatic rings. The number of rotatable bonds is 3. The summed E-state index contributed by atoms with van der Waals surface area (Å²) in [6, 6.07) is 13.2. The van der Waals surface area contributed by atoms with E-state index in [1.165, 1.54) is 16.8 Å². The Labute approximate surface area is 148 Å². The first-order valence-electron chi connectivity index (χ1n) is 6.61. The summed E-state index contributed by atoms with van der Waals surface area (Å²) in [6.45, 7) is 0. The number of hydrogen-bond acceptors (Lipinski definition) is 2. The van der Waals surface area contributed by atoms with Gasteiger partial charge in [-0.2, -0.15) is 5.10 Å². The number of hydrogen-bond donors (Lipinski definition) is 1. The van der Waals surface area contributed by atoms with Gasteiger partial charge in [0.25, 0.3) is 5.91 Å². The normalized spacial score (nSPS) is 10.6. The average Bonchev–Trinajstić information content (AvgIpc) is 3.00. The Morgan fingerprint density at radius 2 is 1.91 bits per heavy atom. The molecule has 0 fully saturated rings. The highest BCUT2D eigenvalue weighted by molar-refractivity contribution is 9.11. The molecule has 0 atom stereocenters. The molecule has 3 rings (SSSR count). The summed E-state index contributed by atoms with van der Waals surface area (Å²) in [4.78, 5) is 12.3. The number of anilines is 1. The summed E-state index contributed by atoms with van der Waals surface area (Å²) in [5.41, 5.74) is 1.11. The number of amides is 1. The highest BCUT2D eigenvalue weighted by atomic mass is 79.9. The summed E-state index contributed by atoms with van der Waals surface area (Å²) in [7, 11) is 0. The van der Waals surface area contributed by atoms with Crippen LogP contribution in [0.25, 0.3) is 5.69 Å². The van der Waals surface area contributed by atoms with E-state index in [1.54, 1.807) is 30.5 Å². The number of nitrogens with zero attached hydrogens (tertiary/aromatic N) is 2. The summed E-state index contributed by atoms with van der Waals surface area (Å²) >= 11 is 6.73. The van der Waals surface area contributed by atoms with Gasteiger partial charge in [0.1, 0.15) is 11.5 Å². The van der Waals surface area contributed by atoms with E-state index < -0.39 is 5.82 Å². The summed E-state index contributed by atoms with van der Waals surface area (Å²) in [5.74, 6) is -0.777. The summed E-state index contributed by atoms with van der Waals surface area (Å²) in [5, 5.41) is 6.88. The molecule has 1 amide bonds. The largest absolute Gasteiger partial charge is 0.320 e. The third kappa shape index (κ3) is 3.51. The summed E-state index contributed by atoms with van der Waals surface area (Å²) < 4.78 is 16.7. The molecular weight excluding hydrogens is 429 g/mol. The molecule has 0 unspecified atom stereocenters. The van der Waals surface area contributed by atoms with Crippen molar-refractivity contribution in [1.82, 2.24) is 9.78 Å². The topological polar surface area (TPSA) is 46.9 Å². The number of carbonyl (C=O) groups is 1. The molecule has 0 bridgehead atoms. The van der Waals surface area contributed by atoms with E-state index in [9.17, 15) is 9.18 Å². The van der Waals surface area contributed by atoms with Gasteiger partial charge in [-0.3, -0.25) is 4.79 Å². The lowest BCUT2D eigenvalue weighted by molar-refractivity contribution is 0.102. The molecule has 23 heavy (non-hydrogen) atoms. The standard InChI is InChI=1S/C16H10Br2FN3O/c17-10-5-6-13(11(18)9-10)20-16(23)14-7-8-22(21-14)15-4-2-1-3-12(15)19/h1-9H,(H,20,23). The molecule has 1 heterocycles. The Morgan fingerprint density at radius 3 is 2.65 bits per heavy atom. The van der Waals surface area contributed by atoms with Crippen LogP contribution < -0.4 is 5.32 Å². The third-order valence-electron chi connectivity index (χ3n) is 3.10. The van der Waals surface area contributed by atoms with Crippen molar-refractivity contribution in [2.75, 3.05) is 5.32 Å². The van der Waals surface area contributed by atoms with Crippen molar-refractivity contribution in [3.8, 4) is 5.69 Å². The van der Waals surface area contributed by atoms with Gasteiger partial charge in [0.2, 0.25) is 0 Å².